The van der Waals surface area contributed by atoms with Crippen LogP contribution in [0.2, 0.25) is 0 Å². The van der Waals surface area contributed by atoms with Gasteiger partial charge >= 0.3 is 5.97 Å². The highest BCUT2D eigenvalue weighted by Gasteiger charge is 2.16. The standard InChI is InChI=1S/C14H15NO2S2/c16-14(17)10-1-2-11-12(8-10)19-13(15-11)7-9-3-5-18-6-4-9/h1-2,8-9H,3-7H2,(H,16,17). The molecule has 0 atom stereocenters. The lowest BCUT2D eigenvalue weighted by Crippen LogP contribution is -2.11. The molecule has 19 heavy (non-hydrogen) atoms. The molecular formula is C14H15NO2S2. The monoisotopic (exact) mass is 293 g/mol. The molecule has 2 aromatic rings. The number of fused-ring (bicyclic) bond motifs is 1. The molecule has 0 spiro atoms. The number of hydrogen-bond acceptors (Lipinski definition) is 4. The summed E-state index contributed by atoms with van der Waals surface area (Å²) in [6.45, 7) is 0. The predicted octanol–water partition coefficient (Wildman–Crippen LogP) is 3.68. The minimum absolute atomic E-state index is 0.344. The Bertz CT molecular complexity index is 603. The summed E-state index contributed by atoms with van der Waals surface area (Å²) in [5.41, 5.74) is 1.27. The average Bonchev–Trinajstić information content (AvgIpc) is 2.80. The van der Waals surface area contributed by atoms with Crippen molar-refractivity contribution >= 4 is 39.3 Å². The van der Waals surface area contributed by atoms with Crippen molar-refractivity contribution in [1.82, 2.24) is 4.98 Å². The molecule has 0 radical (unpaired) electrons. The zero-order valence-corrected chi connectivity index (χ0v) is 12.1. The average molecular weight is 293 g/mol. The van der Waals surface area contributed by atoms with Crippen LogP contribution in [-0.2, 0) is 6.42 Å². The molecule has 100 valence electrons. The van der Waals surface area contributed by atoms with Crippen LogP contribution in [0.3, 0.4) is 0 Å². The molecule has 0 unspecified atom stereocenters. The Morgan fingerprint density at radius 3 is 2.89 bits per heavy atom. The highest BCUT2D eigenvalue weighted by molar-refractivity contribution is 7.99. The van der Waals surface area contributed by atoms with Gasteiger partial charge in [-0.05, 0) is 48.5 Å². The summed E-state index contributed by atoms with van der Waals surface area (Å²) >= 11 is 3.68. The maximum Gasteiger partial charge on any atom is 0.335 e. The van der Waals surface area contributed by atoms with E-state index in [1.807, 2.05) is 17.8 Å². The van der Waals surface area contributed by atoms with Gasteiger partial charge in [0, 0.05) is 6.42 Å². The molecule has 3 rings (SSSR count). The fourth-order valence-electron chi connectivity index (χ4n) is 2.39. The Kier molecular flexibility index (Phi) is 3.75. The number of thiazole rings is 1. The highest BCUT2D eigenvalue weighted by atomic mass is 32.2. The second-order valence-corrected chi connectivity index (χ2v) is 7.20. The number of thioether (sulfide) groups is 1. The fourth-order valence-corrected chi connectivity index (χ4v) is 4.72. The predicted molar refractivity (Wildman–Crippen MR) is 80.3 cm³/mol. The number of aromatic nitrogens is 1. The number of aromatic carboxylic acids is 1. The van der Waals surface area contributed by atoms with Crippen molar-refractivity contribution in [3.63, 3.8) is 0 Å². The van der Waals surface area contributed by atoms with Crippen molar-refractivity contribution in [3.8, 4) is 0 Å². The van der Waals surface area contributed by atoms with Gasteiger partial charge in [0.05, 0.1) is 20.8 Å². The van der Waals surface area contributed by atoms with Gasteiger partial charge in [-0.3, -0.25) is 0 Å². The molecule has 1 N–H and O–H groups in total. The third kappa shape index (κ3) is 2.92. The molecule has 0 aliphatic carbocycles. The number of carboxylic acids is 1. The fraction of sp³-hybridized carbons (Fsp3) is 0.429. The van der Waals surface area contributed by atoms with Crippen LogP contribution in [0.5, 0.6) is 0 Å². The van der Waals surface area contributed by atoms with Gasteiger partial charge < -0.3 is 5.11 Å². The van der Waals surface area contributed by atoms with Crippen molar-refractivity contribution in [2.45, 2.75) is 19.3 Å². The second kappa shape index (κ2) is 5.51. The van der Waals surface area contributed by atoms with E-state index >= 15 is 0 Å². The molecule has 0 amide bonds. The van der Waals surface area contributed by atoms with Crippen LogP contribution < -0.4 is 0 Å². The number of hydrogen-bond donors (Lipinski definition) is 1. The summed E-state index contributed by atoms with van der Waals surface area (Å²) in [5, 5.41) is 10.1. The lowest BCUT2D eigenvalue weighted by molar-refractivity contribution is 0.0697. The lowest BCUT2D eigenvalue weighted by atomic mass is 9.99. The Balaban J connectivity index is 1.82. The van der Waals surface area contributed by atoms with Crippen LogP contribution >= 0.6 is 23.1 Å². The van der Waals surface area contributed by atoms with E-state index in [9.17, 15) is 4.79 Å². The maximum atomic E-state index is 11.0. The Labute approximate surface area is 120 Å². The van der Waals surface area contributed by atoms with Gasteiger partial charge in [-0.2, -0.15) is 11.8 Å². The number of carboxylic acid groups (broad SMARTS) is 1. The van der Waals surface area contributed by atoms with Crippen LogP contribution in [0, 0.1) is 5.92 Å². The first-order valence-corrected chi connectivity index (χ1v) is 8.40. The van der Waals surface area contributed by atoms with Crippen LogP contribution in [-0.4, -0.2) is 27.6 Å². The Morgan fingerprint density at radius 1 is 1.37 bits per heavy atom. The van der Waals surface area contributed by atoms with Gasteiger partial charge in [0.15, 0.2) is 0 Å². The van der Waals surface area contributed by atoms with Gasteiger partial charge in [-0.15, -0.1) is 11.3 Å². The molecule has 0 bridgehead atoms. The normalized spacial score (nSPS) is 16.8. The van der Waals surface area contributed by atoms with Crippen LogP contribution in [0.15, 0.2) is 18.2 Å². The lowest BCUT2D eigenvalue weighted by Gasteiger charge is -2.19. The summed E-state index contributed by atoms with van der Waals surface area (Å²) in [5.74, 6) is 2.40. The highest BCUT2D eigenvalue weighted by Crippen LogP contribution is 2.30. The number of benzene rings is 1. The van der Waals surface area contributed by atoms with E-state index in [-0.39, 0.29) is 0 Å². The van der Waals surface area contributed by atoms with Gasteiger partial charge in [0.2, 0.25) is 0 Å². The van der Waals surface area contributed by atoms with E-state index in [0.717, 1.165) is 27.6 Å². The van der Waals surface area contributed by atoms with Gasteiger partial charge in [-0.25, -0.2) is 9.78 Å². The first-order valence-electron chi connectivity index (χ1n) is 6.43. The Hall–Kier alpha value is -1.07. The van der Waals surface area contributed by atoms with E-state index in [1.54, 1.807) is 23.5 Å². The first kappa shape index (κ1) is 12.9. The minimum Gasteiger partial charge on any atom is -0.478 e. The van der Waals surface area contributed by atoms with Gasteiger partial charge in [0.1, 0.15) is 0 Å². The van der Waals surface area contributed by atoms with Crippen molar-refractivity contribution < 1.29 is 9.90 Å². The molecule has 1 aliphatic heterocycles. The zero-order chi connectivity index (χ0) is 13.2. The molecule has 0 saturated carbocycles. The van der Waals surface area contributed by atoms with Crippen molar-refractivity contribution in [2.75, 3.05) is 11.5 Å². The second-order valence-electron chi connectivity index (χ2n) is 4.86. The van der Waals surface area contributed by atoms with Crippen LogP contribution in [0.25, 0.3) is 10.2 Å². The Morgan fingerprint density at radius 2 is 2.16 bits per heavy atom. The quantitative estimate of drug-likeness (QED) is 0.938. The third-order valence-electron chi connectivity index (χ3n) is 3.48. The summed E-state index contributed by atoms with van der Waals surface area (Å²) < 4.78 is 0.986. The van der Waals surface area contributed by atoms with E-state index in [2.05, 4.69) is 4.98 Å². The SMILES string of the molecule is O=C(O)c1ccc2nc(CC3CCSCC3)sc2c1. The van der Waals surface area contributed by atoms with E-state index in [4.69, 9.17) is 5.11 Å². The summed E-state index contributed by atoms with van der Waals surface area (Å²) in [4.78, 5) is 15.6. The molecule has 1 aromatic heterocycles. The van der Waals surface area contributed by atoms with Crippen LogP contribution in [0.1, 0.15) is 28.2 Å². The number of rotatable bonds is 3. The zero-order valence-electron chi connectivity index (χ0n) is 10.5. The summed E-state index contributed by atoms with van der Waals surface area (Å²) in [6.07, 6.45) is 3.60. The molecule has 5 heteroatoms. The molecule has 1 aromatic carbocycles. The topological polar surface area (TPSA) is 50.2 Å². The summed E-state index contributed by atoms with van der Waals surface area (Å²) in [6, 6.07) is 5.18. The van der Waals surface area contributed by atoms with Crippen molar-refractivity contribution in [1.29, 1.82) is 0 Å². The van der Waals surface area contributed by atoms with Crippen LogP contribution in [0.4, 0.5) is 0 Å². The molecule has 2 heterocycles. The number of nitrogens with zero attached hydrogens (tertiary/aromatic N) is 1. The molecule has 3 nitrogen and oxygen atoms in total. The first-order chi connectivity index (χ1) is 9.22. The number of carbonyl (C=O) groups is 1. The molecule has 1 saturated heterocycles. The van der Waals surface area contributed by atoms with E-state index < -0.39 is 5.97 Å². The van der Waals surface area contributed by atoms with Crippen molar-refractivity contribution in [2.24, 2.45) is 5.92 Å². The van der Waals surface area contributed by atoms with E-state index in [0.29, 0.717) is 5.56 Å². The molecular weight excluding hydrogens is 278 g/mol. The molecule has 1 aliphatic rings. The third-order valence-corrected chi connectivity index (χ3v) is 5.57. The van der Waals surface area contributed by atoms with Gasteiger partial charge in [-0.1, -0.05) is 0 Å². The van der Waals surface area contributed by atoms with Crippen molar-refractivity contribution in [3.05, 3.63) is 28.8 Å². The largest absolute Gasteiger partial charge is 0.478 e. The smallest absolute Gasteiger partial charge is 0.335 e. The summed E-state index contributed by atoms with van der Waals surface area (Å²) in [7, 11) is 0. The van der Waals surface area contributed by atoms with Gasteiger partial charge in [0.25, 0.3) is 0 Å². The molecule has 1 fully saturated rings. The van der Waals surface area contributed by atoms with E-state index in [1.165, 1.54) is 24.3 Å². The maximum absolute atomic E-state index is 11.0. The minimum atomic E-state index is -0.874.